The summed E-state index contributed by atoms with van der Waals surface area (Å²) >= 11 is 66.5. The minimum absolute atomic E-state index is 0.00421. The average Bonchev–Trinajstić information content (AvgIpc) is 3.91. The monoisotopic (exact) mass is 1260 g/mol. The van der Waals surface area contributed by atoms with Crippen molar-refractivity contribution in [2.45, 2.75) is 232 Å². The molecule has 0 radical (unpaired) electrons. The molecule has 4 N–H and O–H groups in total. The lowest BCUT2D eigenvalue weighted by molar-refractivity contribution is -0.117. The van der Waals surface area contributed by atoms with Gasteiger partial charge in [-0.15, -0.1) is 0 Å². The minimum atomic E-state index is -1.09. The fourth-order valence-electron chi connectivity index (χ4n) is 10.7. The summed E-state index contributed by atoms with van der Waals surface area (Å²) in [4.78, 5) is 59.2. The third-order valence-electron chi connectivity index (χ3n) is 15.0. The van der Waals surface area contributed by atoms with E-state index in [1.165, 1.54) is 103 Å². The molecule has 0 aliphatic heterocycles. The molecule has 0 unspecified atom stereocenters. The number of H-pyrrole nitrogens is 2. The number of nitrogens with one attached hydrogen (secondary N) is 4. The zero-order valence-electron chi connectivity index (χ0n) is 44.8. The number of benzene rings is 2. The van der Waals surface area contributed by atoms with Gasteiger partial charge < -0.3 is 10.6 Å². The van der Waals surface area contributed by atoms with Crippen LogP contribution in [0.5, 0.6) is 0 Å². The molecule has 430 valence electrons. The molecule has 0 bridgehead atoms. The molecule has 1 aliphatic rings. The Labute approximate surface area is 506 Å². The van der Waals surface area contributed by atoms with Gasteiger partial charge in [0.1, 0.15) is 23.0 Å². The summed E-state index contributed by atoms with van der Waals surface area (Å²) in [6.45, 7) is 4.47. The number of carbonyl (C=O) groups is 2. The van der Waals surface area contributed by atoms with Crippen molar-refractivity contribution in [3.05, 3.63) is 82.1 Å². The van der Waals surface area contributed by atoms with Crippen LogP contribution in [-0.2, 0) is 9.59 Å². The van der Waals surface area contributed by atoms with Crippen molar-refractivity contribution in [1.82, 2.24) is 19.6 Å². The second-order valence-electron chi connectivity index (χ2n) is 20.9. The van der Waals surface area contributed by atoms with Crippen LogP contribution in [0.1, 0.15) is 243 Å². The number of hydrogen-bond donors (Lipinski definition) is 4. The average molecular weight is 1270 g/mol. The van der Waals surface area contributed by atoms with Crippen molar-refractivity contribution in [2.75, 3.05) is 10.6 Å². The van der Waals surface area contributed by atoms with E-state index in [4.69, 9.17) is 116 Å². The molecule has 2 aromatic heterocycles. The van der Waals surface area contributed by atoms with Gasteiger partial charge in [-0.05, 0) is 31.6 Å². The molecule has 20 heteroatoms. The van der Waals surface area contributed by atoms with Crippen LogP contribution < -0.4 is 21.8 Å². The van der Waals surface area contributed by atoms with E-state index >= 15 is 9.59 Å². The third-order valence-corrected chi connectivity index (χ3v) is 19.5. The molecule has 2 aromatic carbocycles. The lowest BCUT2D eigenvalue weighted by Crippen LogP contribution is -2.30. The molecule has 1 aliphatic carbocycles. The molecule has 5 rings (SSSR count). The van der Waals surface area contributed by atoms with Gasteiger partial charge in [0.2, 0.25) is 11.8 Å². The zero-order valence-corrected chi connectivity index (χ0v) is 52.4. The summed E-state index contributed by atoms with van der Waals surface area (Å²) in [6, 6.07) is 0. The topological polar surface area (TPSA) is 134 Å². The summed E-state index contributed by atoms with van der Waals surface area (Å²) in [5, 5.41) is 10.5. The molecule has 0 saturated heterocycles. The fraction of sp³-hybridized carbons (Fsp3) is 0.649. The van der Waals surface area contributed by atoms with E-state index in [1.807, 2.05) is 0 Å². The van der Waals surface area contributed by atoms with E-state index < -0.39 is 17.0 Å². The standard InChI is InChI=1S/C57H78Cl10N6O4/c1-3-5-7-9-11-13-15-17-19-21-23-25-30-34-37(74)68-54-40(56(76)72(70-54)52-48(64)44(60)42(58)45(61)49(52)65)39(36-32-28-27-29-33-36)41-55(71-73(57(41)77)53-50(66)46(62)43(59)47(63)51(53)67)69-38(75)35-31-26-24-22-20-18-16-14-12-10-8-6-4-2/h36,39,70-71H,3-35H2,1-2H3,(H,68,74)(H,69,75). The van der Waals surface area contributed by atoms with Crippen molar-refractivity contribution in [3.8, 4) is 11.4 Å². The highest BCUT2D eigenvalue weighted by molar-refractivity contribution is 6.57. The van der Waals surface area contributed by atoms with Crippen LogP contribution in [0, 0.1) is 5.92 Å². The number of amides is 2. The van der Waals surface area contributed by atoms with Crippen LogP contribution >= 0.6 is 116 Å². The summed E-state index contributed by atoms with van der Waals surface area (Å²) in [5.41, 5.74) is -1.69. The Morgan fingerprint density at radius 1 is 0.416 bits per heavy atom. The second kappa shape index (κ2) is 34.7. The van der Waals surface area contributed by atoms with Gasteiger partial charge in [-0.2, -0.15) is 0 Å². The number of aromatic amines is 2. The molecule has 2 heterocycles. The number of hydrogen-bond acceptors (Lipinski definition) is 4. The zero-order chi connectivity index (χ0) is 56.0. The molecular weight excluding hydrogens is 1190 g/mol. The number of rotatable bonds is 35. The van der Waals surface area contributed by atoms with Crippen LogP contribution in [0.4, 0.5) is 11.6 Å². The molecule has 1 saturated carbocycles. The Morgan fingerprint density at radius 3 is 0.961 bits per heavy atom. The number of anilines is 2. The maximum Gasteiger partial charge on any atom is 0.277 e. The molecule has 0 atom stereocenters. The number of unbranched alkanes of at least 4 members (excludes halogenated alkanes) is 24. The van der Waals surface area contributed by atoms with E-state index in [2.05, 4.69) is 34.7 Å². The Balaban J connectivity index is 1.50. The predicted molar refractivity (Wildman–Crippen MR) is 329 cm³/mol. The second-order valence-corrected chi connectivity index (χ2v) is 24.7. The molecular formula is C57H78Cl10N6O4. The van der Waals surface area contributed by atoms with Gasteiger partial charge in [0.15, 0.2) is 0 Å². The Bertz CT molecular complexity index is 2430. The Hall–Kier alpha value is -1.70. The lowest BCUT2D eigenvalue weighted by atomic mass is 9.74. The maximum atomic E-state index is 15.5. The summed E-state index contributed by atoms with van der Waals surface area (Å²) in [7, 11) is 0. The van der Waals surface area contributed by atoms with Gasteiger partial charge in [-0.25, -0.2) is 9.36 Å². The molecule has 10 nitrogen and oxygen atoms in total. The first-order valence-electron chi connectivity index (χ1n) is 28.4. The van der Waals surface area contributed by atoms with Crippen LogP contribution in [0.2, 0.25) is 50.2 Å². The molecule has 2 amide bonds. The summed E-state index contributed by atoms with van der Waals surface area (Å²) < 4.78 is 2.10. The first-order valence-corrected chi connectivity index (χ1v) is 32.2. The van der Waals surface area contributed by atoms with Gasteiger partial charge in [-0.1, -0.05) is 303 Å². The van der Waals surface area contributed by atoms with Gasteiger partial charge in [0.25, 0.3) is 11.1 Å². The van der Waals surface area contributed by atoms with Crippen LogP contribution in [0.25, 0.3) is 11.4 Å². The van der Waals surface area contributed by atoms with Crippen molar-refractivity contribution >= 4 is 139 Å². The van der Waals surface area contributed by atoms with Gasteiger partial charge in [0.05, 0.1) is 61.4 Å². The highest BCUT2D eigenvalue weighted by atomic mass is 35.5. The van der Waals surface area contributed by atoms with E-state index in [9.17, 15) is 9.59 Å². The van der Waals surface area contributed by atoms with Gasteiger partial charge in [-0.3, -0.25) is 29.4 Å². The molecule has 0 spiro atoms. The summed E-state index contributed by atoms with van der Waals surface area (Å²) in [5.74, 6) is -2.21. The minimum Gasteiger partial charge on any atom is -0.311 e. The number of carbonyl (C=O) groups excluding carboxylic acids is 2. The first-order chi connectivity index (χ1) is 37.1. The lowest BCUT2D eigenvalue weighted by Gasteiger charge is -2.29. The maximum absolute atomic E-state index is 15.5. The largest absolute Gasteiger partial charge is 0.311 e. The van der Waals surface area contributed by atoms with Crippen molar-refractivity contribution < 1.29 is 9.59 Å². The predicted octanol–water partition coefficient (Wildman–Crippen LogP) is 21.7. The number of aromatic nitrogens is 4. The normalized spacial score (nSPS) is 13.1. The van der Waals surface area contributed by atoms with Crippen LogP contribution in [-0.4, -0.2) is 31.4 Å². The first kappa shape index (κ1) is 66.1. The quantitative estimate of drug-likeness (QED) is 0.0207. The molecule has 1 fully saturated rings. The SMILES string of the molecule is CCCCCCCCCCCCCCCC(=O)Nc1[nH]n(-c2c(Cl)c(Cl)c(Cl)c(Cl)c2Cl)c(=O)c1C(c1c(NC(=O)CCCCCCCCCCCCCCC)[nH]n(-c2c(Cl)c(Cl)c(Cl)c(Cl)c2Cl)c1=O)C1CCCCC1. The highest BCUT2D eigenvalue weighted by Crippen LogP contribution is 2.49. The molecule has 4 aromatic rings. The molecule has 77 heavy (non-hydrogen) atoms. The van der Waals surface area contributed by atoms with E-state index in [-0.39, 0.29) is 115 Å². The van der Waals surface area contributed by atoms with Gasteiger partial charge >= 0.3 is 0 Å². The van der Waals surface area contributed by atoms with E-state index in [0.717, 1.165) is 80.0 Å². The van der Waals surface area contributed by atoms with Crippen LogP contribution in [0.15, 0.2) is 9.59 Å². The number of nitrogens with zero attached hydrogens (tertiary/aromatic N) is 2. The van der Waals surface area contributed by atoms with Crippen molar-refractivity contribution in [3.63, 3.8) is 0 Å². The Morgan fingerprint density at radius 2 is 0.675 bits per heavy atom. The third kappa shape index (κ3) is 18.7. The highest BCUT2D eigenvalue weighted by Gasteiger charge is 2.40. The summed E-state index contributed by atoms with van der Waals surface area (Å²) in [6.07, 6.45) is 33.8. The van der Waals surface area contributed by atoms with Gasteiger partial charge in [0, 0.05) is 18.8 Å². The smallest absolute Gasteiger partial charge is 0.277 e. The fourth-order valence-corrected chi connectivity index (χ4v) is 13.3. The number of halogens is 10. The van der Waals surface area contributed by atoms with Crippen molar-refractivity contribution in [1.29, 1.82) is 0 Å². The van der Waals surface area contributed by atoms with Crippen molar-refractivity contribution in [2.24, 2.45) is 5.92 Å². The van der Waals surface area contributed by atoms with E-state index in [0.29, 0.717) is 25.7 Å². The van der Waals surface area contributed by atoms with Crippen LogP contribution in [0.3, 0.4) is 0 Å². The van der Waals surface area contributed by atoms with E-state index in [1.54, 1.807) is 0 Å². The Kier molecular flexibility index (Phi) is 29.8.